The average Bonchev–Trinajstić information content (AvgIpc) is 3.30. The lowest BCUT2D eigenvalue weighted by molar-refractivity contribution is -0.305. The van der Waals surface area contributed by atoms with Gasteiger partial charge >= 0.3 is 5.97 Å². The van der Waals surface area contributed by atoms with Crippen molar-refractivity contribution < 1.29 is 49.3 Å². The lowest BCUT2D eigenvalue weighted by Gasteiger charge is -2.41. The van der Waals surface area contributed by atoms with E-state index in [-0.39, 0.29) is 19.4 Å². The Hall–Kier alpha value is -2.90. The van der Waals surface area contributed by atoms with Crippen LogP contribution < -0.4 is 5.32 Å². The molecule has 0 radical (unpaired) electrons. The highest BCUT2D eigenvalue weighted by Crippen LogP contribution is 2.26. The highest BCUT2D eigenvalue weighted by Gasteiger charge is 2.47. The first-order chi connectivity index (χ1) is 42.2. The summed E-state index contributed by atoms with van der Waals surface area (Å²) in [4.78, 5) is 26.7. The predicted molar refractivity (Wildman–Crippen MR) is 361 cm³/mol. The number of hydrogen-bond donors (Lipinski definition) is 6. The molecule has 1 amide bonds. The molecule has 1 aliphatic rings. The number of nitrogens with one attached hydrogen (secondary N) is 1. The first-order valence-electron chi connectivity index (χ1n) is 36.2. The van der Waals surface area contributed by atoms with Crippen molar-refractivity contribution in [2.24, 2.45) is 0 Å². The standard InChI is InChI=1S/C75H135NO10/c1-4-7-10-13-16-19-22-25-27-29-31-33-34-35-36-37-39-41-43-45-48-51-54-57-60-63-70(80)86-73-72(82)71(81)69(64-77)85-75(73)84-65-66(67(78)61-58-55-52-49-46-24-21-18-15-12-9-6-3)76-74(83)68(79)62-59-56-53-50-47-44-42-40-38-32-30-28-26-23-20-17-14-11-8-5-2/h17,20,25-28,32,38,42,44,58,61,66-69,71-73,75,77-79,81-82H,4-16,18-19,21-24,29-31,33-37,39-41,43,45-57,59-60,62-65H2,1-3H3,(H,76,83)/b20-17-,27-25+,28-26-,38-32-,44-42-,61-58+. The van der Waals surface area contributed by atoms with Gasteiger partial charge in [0.1, 0.15) is 24.4 Å². The molecule has 8 unspecified atom stereocenters. The molecular weight excluding hydrogens is 1070 g/mol. The van der Waals surface area contributed by atoms with E-state index in [1.165, 1.54) is 199 Å². The Morgan fingerprint density at radius 1 is 0.453 bits per heavy atom. The van der Waals surface area contributed by atoms with Crippen molar-refractivity contribution in [1.29, 1.82) is 0 Å². The molecule has 0 spiro atoms. The summed E-state index contributed by atoms with van der Waals surface area (Å²) in [5.41, 5.74) is 0. The van der Waals surface area contributed by atoms with Crippen molar-refractivity contribution >= 4 is 11.9 Å². The van der Waals surface area contributed by atoms with Crippen molar-refractivity contribution in [1.82, 2.24) is 5.32 Å². The Morgan fingerprint density at radius 3 is 1.23 bits per heavy atom. The third-order valence-corrected chi connectivity index (χ3v) is 16.8. The van der Waals surface area contributed by atoms with Crippen molar-refractivity contribution in [3.8, 4) is 0 Å². The maximum Gasteiger partial charge on any atom is 0.306 e. The summed E-state index contributed by atoms with van der Waals surface area (Å²) in [5.74, 6) is -1.21. The molecule has 0 aromatic heterocycles. The predicted octanol–water partition coefficient (Wildman–Crippen LogP) is 18.7. The lowest BCUT2D eigenvalue weighted by atomic mass is 9.99. The Bertz CT molecular complexity index is 1680. The smallest absolute Gasteiger partial charge is 0.306 e. The molecule has 0 aromatic rings. The van der Waals surface area contributed by atoms with Crippen LogP contribution in [-0.4, -0.2) is 99.6 Å². The summed E-state index contributed by atoms with van der Waals surface area (Å²) in [7, 11) is 0. The molecule has 1 heterocycles. The zero-order valence-corrected chi connectivity index (χ0v) is 55.7. The molecule has 6 N–H and O–H groups in total. The summed E-state index contributed by atoms with van der Waals surface area (Å²) in [5, 5.41) is 57.2. The Kier molecular flexibility index (Phi) is 58.8. The zero-order valence-electron chi connectivity index (χ0n) is 55.7. The van der Waals surface area contributed by atoms with E-state index >= 15 is 0 Å². The highest BCUT2D eigenvalue weighted by atomic mass is 16.7. The summed E-state index contributed by atoms with van der Waals surface area (Å²) in [6.45, 7) is 5.78. The first kappa shape index (κ1) is 81.1. The third kappa shape index (κ3) is 49.0. The van der Waals surface area contributed by atoms with Crippen LogP contribution in [0.25, 0.3) is 0 Å². The van der Waals surface area contributed by atoms with E-state index in [0.717, 1.165) is 83.5 Å². The van der Waals surface area contributed by atoms with Gasteiger partial charge in [-0.1, -0.05) is 299 Å². The largest absolute Gasteiger partial charge is 0.454 e. The van der Waals surface area contributed by atoms with Crippen LogP contribution in [-0.2, 0) is 23.8 Å². The molecule has 0 bridgehead atoms. The van der Waals surface area contributed by atoms with E-state index in [4.69, 9.17) is 14.2 Å². The van der Waals surface area contributed by atoms with E-state index in [9.17, 15) is 35.1 Å². The molecule has 8 atom stereocenters. The van der Waals surface area contributed by atoms with Crippen LogP contribution in [0.2, 0.25) is 0 Å². The molecule has 0 aromatic carbocycles. The van der Waals surface area contributed by atoms with Gasteiger partial charge in [-0.2, -0.15) is 0 Å². The van der Waals surface area contributed by atoms with Crippen LogP contribution in [0.1, 0.15) is 329 Å². The van der Waals surface area contributed by atoms with Crippen LogP contribution >= 0.6 is 0 Å². The first-order valence-corrected chi connectivity index (χ1v) is 36.2. The second-order valence-electron chi connectivity index (χ2n) is 25.0. The van der Waals surface area contributed by atoms with E-state index in [0.29, 0.717) is 12.8 Å². The second-order valence-corrected chi connectivity index (χ2v) is 25.0. The number of rotatable bonds is 62. The second kappa shape index (κ2) is 62.3. The normalized spacial score (nSPS) is 18.7. The Labute approximate surface area is 528 Å². The van der Waals surface area contributed by atoms with Crippen LogP contribution in [0, 0.1) is 0 Å². The number of carbonyl (C=O) groups excluding carboxylic acids is 2. The van der Waals surface area contributed by atoms with Gasteiger partial charge in [-0.3, -0.25) is 9.59 Å². The molecule has 0 aliphatic carbocycles. The van der Waals surface area contributed by atoms with Gasteiger partial charge in [0.25, 0.3) is 0 Å². The molecule has 0 saturated carbocycles. The number of amides is 1. The molecule has 1 saturated heterocycles. The average molecular weight is 1210 g/mol. The molecule has 1 aliphatic heterocycles. The van der Waals surface area contributed by atoms with Gasteiger partial charge in [0, 0.05) is 6.42 Å². The van der Waals surface area contributed by atoms with Crippen molar-refractivity contribution in [3.63, 3.8) is 0 Å². The number of aliphatic hydroxyl groups is 5. The van der Waals surface area contributed by atoms with Crippen LogP contribution in [0.4, 0.5) is 0 Å². The zero-order chi connectivity index (χ0) is 62.4. The minimum Gasteiger partial charge on any atom is -0.454 e. The maximum absolute atomic E-state index is 13.5. The van der Waals surface area contributed by atoms with E-state index in [2.05, 4.69) is 86.8 Å². The minimum absolute atomic E-state index is 0.121. The number of ether oxygens (including phenoxy) is 3. The minimum atomic E-state index is -1.62. The number of aliphatic hydroxyl groups excluding tert-OH is 5. The Balaban J connectivity index is 2.57. The van der Waals surface area contributed by atoms with Crippen LogP contribution in [0.3, 0.4) is 0 Å². The SMILES string of the molecule is CCCCC/C=C\C/C=C\C/C=C\C/C=C\CCCCCCC(O)C(=O)NC(COC1OC(CO)C(O)C(O)C1OC(=O)CCCCCCCCCCCCCCCCC/C=C/CCCCCCCC)C(O)/C=C/CCCCCCCCCCCC. The van der Waals surface area contributed by atoms with Crippen molar-refractivity contribution in [3.05, 3.63) is 72.9 Å². The molecule has 86 heavy (non-hydrogen) atoms. The number of carbonyl (C=O) groups is 2. The van der Waals surface area contributed by atoms with Crippen molar-refractivity contribution in [2.75, 3.05) is 13.2 Å². The maximum atomic E-state index is 13.5. The van der Waals surface area contributed by atoms with Crippen molar-refractivity contribution in [2.45, 2.75) is 378 Å². The van der Waals surface area contributed by atoms with Gasteiger partial charge in [0.15, 0.2) is 12.4 Å². The number of esters is 1. The quantitative estimate of drug-likeness (QED) is 0.0195. The van der Waals surface area contributed by atoms with Gasteiger partial charge in [-0.05, 0) is 96.3 Å². The fourth-order valence-electron chi connectivity index (χ4n) is 11.1. The van der Waals surface area contributed by atoms with Gasteiger partial charge in [0.2, 0.25) is 5.91 Å². The third-order valence-electron chi connectivity index (χ3n) is 16.8. The molecule has 1 rings (SSSR count). The Morgan fingerprint density at radius 2 is 0.802 bits per heavy atom. The molecule has 11 nitrogen and oxygen atoms in total. The highest BCUT2D eigenvalue weighted by molar-refractivity contribution is 5.80. The number of unbranched alkanes of at least 4 members (excludes halogenated alkanes) is 38. The monoisotopic (exact) mass is 1210 g/mol. The molecule has 500 valence electrons. The van der Waals surface area contributed by atoms with E-state index in [1.54, 1.807) is 6.08 Å². The van der Waals surface area contributed by atoms with Gasteiger partial charge < -0.3 is 45.1 Å². The molecule has 11 heteroatoms. The topological polar surface area (TPSA) is 175 Å². The van der Waals surface area contributed by atoms with Crippen LogP contribution in [0.15, 0.2) is 72.9 Å². The van der Waals surface area contributed by atoms with E-state index < -0.39 is 67.4 Å². The van der Waals surface area contributed by atoms with Crippen LogP contribution in [0.5, 0.6) is 0 Å². The summed E-state index contributed by atoms with van der Waals surface area (Å²) < 4.78 is 17.7. The molecular formula is C75H135NO10. The van der Waals surface area contributed by atoms with Gasteiger partial charge in [-0.15, -0.1) is 0 Å². The molecule has 1 fully saturated rings. The fourth-order valence-corrected chi connectivity index (χ4v) is 11.1. The summed E-state index contributed by atoms with van der Waals surface area (Å²) in [6, 6.07) is -1.04. The lowest BCUT2D eigenvalue weighted by Crippen LogP contribution is -2.61. The van der Waals surface area contributed by atoms with Gasteiger partial charge in [0.05, 0.1) is 25.4 Å². The number of hydrogen-bond acceptors (Lipinski definition) is 10. The fraction of sp³-hybridized carbons (Fsp3) is 0.813. The number of allylic oxidation sites excluding steroid dienone is 11. The van der Waals surface area contributed by atoms with Gasteiger partial charge in [-0.25, -0.2) is 0 Å². The summed E-state index contributed by atoms with van der Waals surface area (Å²) in [6.07, 6.45) is 70.9. The summed E-state index contributed by atoms with van der Waals surface area (Å²) >= 11 is 0. The van der Waals surface area contributed by atoms with E-state index in [1.807, 2.05) is 6.08 Å².